The Balaban J connectivity index is 1.80. The van der Waals surface area contributed by atoms with E-state index in [9.17, 15) is 0 Å². The highest BCUT2D eigenvalue weighted by Crippen LogP contribution is 2.33. The largest absolute Gasteiger partial charge is 0.338 e. The molecule has 8 heteroatoms. The van der Waals surface area contributed by atoms with Crippen molar-refractivity contribution in [1.82, 2.24) is 30.3 Å². The zero-order chi connectivity index (χ0) is 17.1. The Hall–Kier alpha value is -2.22. The van der Waals surface area contributed by atoms with Gasteiger partial charge in [0, 0.05) is 6.42 Å². The van der Waals surface area contributed by atoms with Crippen LogP contribution in [0.2, 0.25) is 0 Å². The maximum atomic E-state index is 5.35. The smallest absolute Gasteiger partial charge is 0.239 e. The van der Waals surface area contributed by atoms with Crippen molar-refractivity contribution < 1.29 is 4.52 Å². The molecule has 0 saturated carbocycles. The molecule has 1 aromatic carbocycles. The molecular weight excluding hydrogens is 324 g/mol. The Morgan fingerprint density at radius 3 is 2.83 bits per heavy atom. The molecule has 24 heavy (non-hydrogen) atoms. The van der Waals surface area contributed by atoms with Crippen LogP contribution in [0.3, 0.4) is 0 Å². The number of nitrogens with zero attached hydrogens (tertiary/aromatic N) is 6. The van der Waals surface area contributed by atoms with Crippen molar-refractivity contribution in [2.75, 3.05) is 0 Å². The maximum Gasteiger partial charge on any atom is 0.239 e. The average Bonchev–Trinajstić information content (AvgIpc) is 3.20. The lowest BCUT2D eigenvalue weighted by molar-refractivity contribution is 0.374. The van der Waals surface area contributed by atoms with E-state index in [0.717, 1.165) is 24.4 Å². The van der Waals surface area contributed by atoms with Gasteiger partial charge in [0.05, 0.1) is 10.9 Å². The highest BCUT2D eigenvalue weighted by molar-refractivity contribution is 7.99. The fourth-order valence-corrected chi connectivity index (χ4v) is 3.08. The van der Waals surface area contributed by atoms with Crippen molar-refractivity contribution in [1.29, 1.82) is 0 Å². The SMILES string of the molecule is CCCc1noc(C(C)Sc2nnnn2-c2ccc(C)c(C)c2)n1. The van der Waals surface area contributed by atoms with Gasteiger partial charge < -0.3 is 4.52 Å². The molecular formula is C16H20N6OS. The van der Waals surface area contributed by atoms with Crippen LogP contribution in [0.5, 0.6) is 0 Å². The molecule has 3 aromatic rings. The molecule has 0 aliphatic heterocycles. The molecule has 2 aromatic heterocycles. The molecule has 126 valence electrons. The summed E-state index contributed by atoms with van der Waals surface area (Å²) in [4.78, 5) is 4.43. The topological polar surface area (TPSA) is 82.5 Å². The summed E-state index contributed by atoms with van der Waals surface area (Å²) in [5.41, 5.74) is 3.38. The Kier molecular flexibility index (Phi) is 4.94. The lowest BCUT2D eigenvalue weighted by Gasteiger charge is -2.08. The van der Waals surface area contributed by atoms with Crippen molar-refractivity contribution in [2.24, 2.45) is 0 Å². The minimum absolute atomic E-state index is 0.0283. The number of hydrogen-bond acceptors (Lipinski definition) is 7. The molecule has 3 rings (SSSR count). The summed E-state index contributed by atoms with van der Waals surface area (Å²) in [5, 5.41) is 16.7. The Bertz CT molecular complexity index is 828. The fraction of sp³-hybridized carbons (Fsp3) is 0.438. The number of aromatic nitrogens is 6. The van der Waals surface area contributed by atoms with Crippen LogP contribution in [0.25, 0.3) is 5.69 Å². The minimum atomic E-state index is -0.0283. The van der Waals surface area contributed by atoms with Gasteiger partial charge in [-0.1, -0.05) is 29.9 Å². The van der Waals surface area contributed by atoms with Crippen LogP contribution in [0.1, 0.15) is 48.4 Å². The van der Waals surface area contributed by atoms with Crippen LogP contribution in [-0.2, 0) is 6.42 Å². The van der Waals surface area contributed by atoms with E-state index in [2.05, 4.69) is 58.6 Å². The second-order valence-electron chi connectivity index (χ2n) is 5.70. The zero-order valence-electron chi connectivity index (χ0n) is 14.2. The standard InChI is InChI=1S/C16H20N6OS/c1-5-6-14-17-15(23-19-14)12(4)24-16-18-20-21-22(16)13-8-7-10(2)11(3)9-13/h7-9,12H,5-6H2,1-4H3. The predicted octanol–water partition coefficient (Wildman–Crippen LogP) is 3.47. The van der Waals surface area contributed by atoms with E-state index in [1.807, 2.05) is 13.0 Å². The molecule has 2 heterocycles. The van der Waals surface area contributed by atoms with E-state index in [0.29, 0.717) is 11.0 Å². The van der Waals surface area contributed by atoms with Crippen LogP contribution in [0.4, 0.5) is 0 Å². The van der Waals surface area contributed by atoms with Gasteiger partial charge in [-0.15, -0.1) is 5.10 Å². The van der Waals surface area contributed by atoms with E-state index >= 15 is 0 Å². The molecule has 0 fully saturated rings. The number of aryl methyl sites for hydroxylation is 3. The lowest BCUT2D eigenvalue weighted by atomic mass is 10.1. The molecule has 1 unspecified atom stereocenters. The van der Waals surface area contributed by atoms with Gasteiger partial charge in [0.2, 0.25) is 11.0 Å². The summed E-state index contributed by atoms with van der Waals surface area (Å²) < 4.78 is 7.08. The van der Waals surface area contributed by atoms with Crippen LogP contribution in [-0.4, -0.2) is 30.3 Å². The number of rotatable bonds is 6. The zero-order valence-corrected chi connectivity index (χ0v) is 15.0. The van der Waals surface area contributed by atoms with Gasteiger partial charge in [-0.3, -0.25) is 0 Å². The van der Waals surface area contributed by atoms with E-state index in [1.165, 1.54) is 22.9 Å². The molecule has 0 amide bonds. The van der Waals surface area contributed by atoms with E-state index in [4.69, 9.17) is 4.52 Å². The average molecular weight is 344 g/mol. The first-order valence-electron chi connectivity index (χ1n) is 7.93. The third kappa shape index (κ3) is 3.48. The summed E-state index contributed by atoms with van der Waals surface area (Å²) >= 11 is 1.50. The Morgan fingerprint density at radius 1 is 1.25 bits per heavy atom. The molecule has 0 aliphatic carbocycles. The molecule has 0 saturated heterocycles. The molecule has 0 spiro atoms. The Labute approximate surface area is 144 Å². The van der Waals surface area contributed by atoms with Gasteiger partial charge in [-0.25, -0.2) is 0 Å². The predicted molar refractivity (Wildman–Crippen MR) is 91.2 cm³/mol. The van der Waals surface area contributed by atoms with Crippen LogP contribution >= 0.6 is 11.8 Å². The van der Waals surface area contributed by atoms with Gasteiger partial charge in [0.1, 0.15) is 0 Å². The summed E-state index contributed by atoms with van der Waals surface area (Å²) in [6, 6.07) is 6.16. The molecule has 0 N–H and O–H groups in total. The fourth-order valence-electron chi connectivity index (χ4n) is 2.24. The normalized spacial score (nSPS) is 12.5. The third-order valence-corrected chi connectivity index (χ3v) is 4.78. The van der Waals surface area contributed by atoms with E-state index in [-0.39, 0.29) is 5.25 Å². The lowest BCUT2D eigenvalue weighted by Crippen LogP contribution is -2.01. The van der Waals surface area contributed by atoms with E-state index in [1.54, 1.807) is 4.68 Å². The number of tetrazole rings is 1. The van der Waals surface area contributed by atoms with Gasteiger partial charge in [0.25, 0.3) is 0 Å². The van der Waals surface area contributed by atoms with Crippen molar-refractivity contribution in [3.63, 3.8) is 0 Å². The monoisotopic (exact) mass is 344 g/mol. The third-order valence-electron chi connectivity index (χ3n) is 3.76. The first-order chi connectivity index (χ1) is 11.6. The highest BCUT2D eigenvalue weighted by Gasteiger charge is 2.19. The number of thioether (sulfide) groups is 1. The molecule has 0 radical (unpaired) electrons. The summed E-state index contributed by atoms with van der Waals surface area (Å²) in [5.74, 6) is 1.34. The molecule has 0 bridgehead atoms. The van der Waals surface area contributed by atoms with Crippen molar-refractivity contribution in [2.45, 2.75) is 50.9 Å². The van der Waals surface area contributed by atoms with Crippen molar-refractivity contribution in [3.8, 4) is 5.69 Å². The van der Waals surface area contributed by atoms with Crippen LogP contribution in [0, 0.1) is 13.8 Å². The van der Waals surface area contributed by atoms with Gasteiger partial charge in [0.15, 0.2) is 5.82 Å². The van der Waals surface area contributed by atoms with Gasteiger partial charge in [-0.05, 0) is 60.9 Å². The molecule has 7 nitrogen and oxygen atoms in total. The van der Waals surface area contributed by atoms with Gasteiger partial charge >= 0.3 is 0 Å². The first-order valence-corrected chi connectivity index (χ1v) is 8.81. The maximum absolute atomic E-state index is 5.35. The number of hydrogen-bond donors (Lipinski definition) is 0. The number of benzene rings is 1. The first kappa shape index (κ1) is 16.6. The quantitative estimate of drug-likeness (QED) is 0.633. The Morgan fingerprint density at radius 2 is 2.08 bits per heavy atom. The summed E-state index contributed by atoms with van der Waals surface area (Å²) in [6.07, 6.45) is 1.81. The minimum Gasteiger partial charge on any atom is -0.338 e. The second kappa shape index (κ2) is 7.12. The summed E-state index contributed by atoms with van der Waals surface area (Å²) in [7, 11) is 0. The molecule has 1 atom stereocenters. The van der Waals surface area contributed by atoms with Gasteiger partial charge in [-0.2, -0.15) is 9.67 Å². The van der Waals surface area contributed by atoms with Crippen LogP contribution < -0.4 is 0 Å². The van der Waals surface area contributed by atoms with E-state index < -0.39 is 0 Å². The molecule has 0 aliphatic rings. The summed E-state index contributed by atoms with van der Waals surface area (Å²) in [6.45, 7) is 8.26. The van der Waals surface area contributed by atoms with Crippen molar-refractivity contribution in [3.05, 3.63) is 41.0 Å². The second-order valence-corrected chi connectivity index (χ2v) is 7.01. The highest BCUT2D eigenvalue weighted by atomic mass is 32.2. The van der Waals surface area contributed by atoms with Crippen molar-refractivity contribution >= 4 is 11.8 Å². The van der Waals surface area contributed by atoms with Crippen LogP contribution in [0.15, 0.2) is 27.9 Å².